The highest BCUT2D eigenvalue weighted by atomic mass is 16.5. The van der Waals surface area contributed by atoms with Gasteiger partial charge >= 0.3 is 0 Å². The molecule has 0 spiro atoms. The van der Waals surface area contributed by atoms with Gasteiger partial charge in [-0.15, -0.1) is 0 Å². The lowest BCUT2D eigenvalue weighted by molar-refractivity contribution is 0.0303. The molecule has 0 saturated carbocycles. The van der Waals surface area contributed by atoms with Crippen molar-refractivity contribution in [3.8, 4) is 0 Å². The minimum atomic E-state index is -0.152. The summed E-state index contributed by atoms with van der Waals surface area (Å²) in [6.07, 6.45) is 0. The summed E-state index contributed by atoms with van der Waals surface area (Å²) < 4.78 is 5.20. The Morgan fingerprint density at radius 2 is 1.67 bits per heavy atom. The van der Waals surface area contributed by atoms with Crippen LogP contribution in [-0.4, -0.2) is 50.1 Å². The fourth-order valence-electron chi connectivity index (χ4n) is 1.86. The molecule has 2 amide bonds. The molecule has 1 aliphatic rings. The number of hydrogen-bond donors (Lipinski definition) is 1. The van der Waals surface area contributed by atoms with E-state index in [2.05, 4.69) is 5.32 Å². The summed E-state index contributed by atoms with van der Waals surface area (Å²) in [6, 6.07) is 6.68. The highest BCUT2D eigenvalue weighted by Crippen LogP contribution is 2.09. The van der Waals surface area contributed by atoms with Crippen LogP contribution in [0.25, 0.3) is 0 Å². The Balaban J connectivity index is 2.08. The number of hydrogen-bond acceptors (Lipinski definition) is 3. The number of benzene rings is 1. The molecule has 1 aromatic rings. The average Bonchev–Trinajstić information content (AvgIpc) is 2.47. The zero-order valence-electron chi connectivity index (χ0n) is 10.3. The zero-order chi connectivity index (χ0) is 13.0. The van der Waals surface area contributed by atoms with Gasteiger partial charge in [0, 0.05) is 31.3 Å². The topological polar surface area (TPSA) is 58.6 Å². The molecule has 18 heavy (non-hydrogen) atoms. The number of morpholine rings is 1. The standard InChI is InChI=1S/C13H16N2O3/c1-14-12(16)10-2-4-11(5-3-10)13(17)15-6-8-18-9-7-15/h2-5H,6-9H2,1H3,(H,14,16). The van der Waals surface area contributed by atoms with E-state index >= 15 is 0 Å². The van der Waals surface area contributed by atoms with E-state index < -0.39 is 0 Å². The van der Waals surface area contributed by atoms with Gasteiger partial charge in [-0.05, 0) is 24.3 Å². The lowest BCUT2D eigenvalue weighted by atomic mass is 10.1. The van der Waals surface area contributed by atoms with Crippen LogP contribution in [0.15, 0.2) is 24.3 Å². The molecular weight excluding hydrogens is 232 g/mol. The third kappa shape index (κ3) is 2.68. The molecule has 1 N–H and O–H groups in total. The van der Waals surface area contributed by atoms with E-state index in [0.29, 0.717) is 37.4 Å². The van der Waals surface area contributed by atoms with Crippen LogP contribution in [0.1, 0.15) is 20.7 Å². The normalized spacial score (nSPS) is 15.3. The molecule has 1 heterocycles. The van der Waals surface area contributed by atoms with Gasteiger partial charge in [-0.1, -0.05) is 0 Å². The molecule has 96 valence electrons. The Kier molecular flexibility index (Phi) is 3.94. The van der Waals surface area contributed by atoms with Crippen LogP contribution >= 0.6 is 0 Å². The Labute approximate surface area is 106 Å². The molecule has 0 aliphatic carbocycles. The van der Waals surface area contributed by atoms with Crippen LogP contribution in [0.4, 0.5) is 0 Å². The van der Waals surface area contributed by atoms with E-state index in [-0.39, 0.29) is 11.8 Å². The van der Waals surface area contributed by atoms with Gasteiger partial charge in [-0.25, -0.2) is 0 Å². The lowest BCUT2D eigenvalue weighted by Gasteiger charge is -2.26. The summed E-state index contributed by atoms with van der Waals surface area (Å²) in [4.78, 5) is 25.3. The second-order valence-corrected chi connectivity index (χ2v) is 4.06. The molecule has 1 saturated heterocycles. The molecule has 1 aromatic carbocycles. The molecule has 1 fully saturated rings. The van der Waals surface area contributed by atoms with E-state index in [4.69, 9.17) is 4.74 Å². The number of rotatable bonds is 2. The summed E-state index contributed by atoms with van der Waals surface area (Å²) >= 11 is 0. The van der Waals surface area contributed by atoms with E-state index in [0.717, 1.165) is 0 Å². The van der Waals surface area contributed by atoms with Crippen LogP contribution in [0, 0.1) is 0 Å². The predicted octanol–water partition coefficient (Wildman–Crippen LogP) is 0.519. The van der Waals surface area contributed by atoms with Crippen LogP contribution < -0.4 is 5.32 Å². The van der Waals surface area contributed by atoms with Crippen molar-refractivity contribution in [1.29, 1.82) is 0 Å². The van der Waals surface area contributed by atoms with Crippen molar-refractivity contribution in [2.45, 2.75) is 0 Å². The number of nitrogens with one attached hydrogen (secondary N) is 1. The fraction of sp³-hybridized carbons (Fsp3) is 0.385. The molecule has 0 atom stereocenters. The molecule has 0 bridgehead atoms. The van der Waals surface area contributed by atoms with Gasteiger partial charge in [-0.3, -0.25) is 9.59 Å². The SMILES string of the molecule is CNC(=O)c1ccc(C(=O)N2CCOCC2)cc1. The van der Waals surface area contributed by atoms with Crippen molar-refractivity contribution in [1.82, 2.24) is 10.2 Å². The fourth-order valence-corrected chi connectivity index (χ4v) is 1.86. The number of amides is 2. The van der Waals surface area contributed by atoms with Gasteiger partial charge in [-0.2, -0.15) is 0 Å². The first-order chi connectivity index (χ1) is 8.72. The smallest absolute Gasteiger partial charge is 0.254 e. The Bertz CT molecular complexity index is 436. The second kappa shape index (κ2) is 5.64. The number of carbonyl (C=O) groups is 2. The first-order valence-corrected chi connectivity index (χ1v) is 5.91. The molecule has 1 aliphatic heterocycles. The Hall–Kier alpha value is -1.88. The number of carbonyl (C=O) groups excluding carboxylic acids is 2. The van der Waals surface area contributed by atoms with Gasteiger partial charge in [0.05, 0.1) is 13.2 Å². The van der Waals surface area contributed by atoms with E-state index in [1.54, 1.807) is 36.2 Å². The molecule has 0 radical (unpaired) electrons. The molecule has 0 aromatic heterocycles. The first-order valence-electron chi connectivity index (χ1n) is 5.91. The van der Waals surface area contributed by atoms with Gasteiger partial charge in [0.1, 0.15) is 0 Å². The van der Waals surface area contributed by atoms with Crippen LogP contribution in [0.5, 0.6) is 0 Å². The maximum absolute atomic E-state index is 12.1. The molecule has 2 rings (SSSR count). The maximum Gasteiger partial charge on any atom is 0.254 e. The Morgan fingerprint density at radius 1 is 1.11 bits per heavy atom. The summed E-state index contributed by atoms with van der Waals surface area (Å²) in [6.45, 7) is 2.41. The van der Waals surface area contributed by atoms with Gasteiger partial charge in [0.25, 0.3) is 11.8 Å². The first kappa shape index (κ1) is 12.6. The summed E-state index contributed by atoms with van der Waals surface area (Å²) in [5.74, 6) is -0.165. The van der Waals surface area contributed by atoms with Gasteiger partial charge in [0.15, 0.2) is 0 Å². The van der Waals surface area contributed by atoms with Crippen molar-refractivity contribution >= 4 is 11.8 Å². The third-order valence-corrected chi connectivity index (χ3v) is 2.92. The van der Waals surface area contributed by atoms with Crippen molar-refractivity contribution in [2.24, 2.45) is 0 Å². The number of nitrogens with zero attached hydrogens (tertiary/aromatic N) is 1. The summed E-state index contributed by atoms with van der Waals surface area (Å²) in [5.41, 5.74) is 1.15. The maximum atomic E-state index is 12.1. The summed E-state index contributed by atoms with van der Waals surface area (Å²) in [5, 5.41) is 2.54. The van der Waals surface area contributed by atoms with Gasteiger partial charge in [0.2, 0.25) is 0 Å². The second-order valence-electron chi connectivity index (χ2n) is 4.06. The largest absolute Gasteiger partial charge is 0.378 e. The highest BCUT2D eigenvalue weighted by molar-refractivity contribution is 5.97. The highest BCUT2D eigenvalue weighted by Gasteiger charge is 2.18. The Morgan fingerprint density at radius 3 is 2.22 bits per heavy atom. The quantitative estimate of drug-likeness (QED) is 0.830. The van der Waals surface area contributed by atoms with E-state index in [1.165, 1.54) is 0 Å². The van der Waals surface area contributed by atoms with E-state index in [1.807, 2.05) is 0 Å². The van der Waals surface area contributed by atoms with Crippen LogP contribution in [0.2, 0.25) is 0 Å². The monoisotopic (exact) mass is 248 g/mol. The molecule has 5 nitrogen and oxygen atoms in total. The average molecular weight is 248 g/mol. The summed E-state index contributed by atoms with van der Waals surface area (Å²) in [7, 11) is 1.58. The van der Waals surface area contributed by atoms with Crippen molar-refractivity contribution < 1.29 is 14.3 Å². The van der Waals surface area contributed by atoms with Crippen LogP contribution in [-0.2, 0) is 4.74 Å². The molecular formula is C13H16N2O3. The molecule has 5 heteroatoms. The van der Waals surface area contributed by atoms with Crippen molar-refractivity contribution in [3.63, 3.8) is 0 Å². The van der Waals surface area contributed by atoms with Gasteiger partial charge < -0.3 is 15.0 Å². The minimum Gasteiger partial charge on any atom is -0.378 e. The van der Waals surface area contributed by atoms with Crippen LogP contribution in [0.3, 0.4) is 0 Å². The van der Waals surface area contributed by atoms with Crippen molar-refractivity contribution in [3.05, 3.63) is 35.4 Å². The van der Waals surface area contributed by atoms with E-state index in [9.17, 15) is 9.59 Å². The zero-order valence-corrected chi connectivity index (χ0v) is 10.3. The third-order valence-electron chi connectivity index (χ3n) is 2.92. The predicted molar refractivity (Wildman–Crippen MR) is 66.6 cm³/mol. The minimum absolute atomic E-state index is 0.0123. The molecule has 0 unspecified atom stereocenters. The lowest BCUT2D eigenvalue weighted by Crippen LogP contribution is -2.40. The number of ether oxygens (including phenoxy) is 1. The van der Waals surface area contributed by atoms with Crippen molar-refractivity contribution in [2.75, 3.05) is 33.4 Å².